The highest BCUT2D eigenvalue weighted by atomic mass is 16.6. The van der Waals surface area contributed by atoms with E-state index in [0.717, 1.165) is 5.57 Å². The predicted octanol–water partition coefficient (Wildman–Crippen LogP) is 5.09. The summed E-state index contributed by atoms with van der Waals surface area (Å²) in [5.41, 5.74) is 1.18. The van der Waals surface area contributed by atoms with E-state index >= 15 is 0 Å². The molecule has 0 spiro atoms. The number of ketones is 3. The van der Waals surface area contributed by atoms with Crippen LogP contribution in [0.3, 0.4) is 0 Å². The lowest BCUT2D eigenvalue weighted by molar-refractivity contribution is -0.266. The van der Waals surface area contributed by atoms with Crippen molar-refractivity contribution in [1.29, 1.82) is 0 Å². The van der Waals surface area contributed by atoms with Crippen molar-refractivity contribution < 1.29 is 82.3 Å². The fraction of sp³-hybridized carbons (Fsp3) is 0.776. The normalized spacial score (nSPS) is 42.0. The van der Waals surface area contributed by atoms with Crippen molar-refractivity contribution in [3.8, 4) is 0 Å². The first-order chi connectivity index (χ1) is 36.2. The molecule has 0 aromatic heterocycles. The third-order valence-corrected chi connectivity index (χ3v) is 16.9. The Morgan fingerprint density at radius 3 is 2.26 bits per heavy atom. The number of carbonyl (C=O) groups excluding carboxylic acids is 5. The number of esters is 1. The van der Waals surface area contributed by atoms with Gasteiger partial charge in [-0.1, -0.05) is 71.1 Å². The molecule has 1 saturated carbocycles. The van der Waals surface area contributed by atoms with Gasteiger partial charge in [-0.25, -0.2) is 4.79 Å². The number of amides is 1. The molecule has 0 aromatic rings. The minimum Gasteiger partial charge on any atom is -0.460 e. The van der Waals surface area contributed by atoms with Crippen LogP contribution in [0.5, 0.6) is 0 Å². The summed E-state index contributed by atoms with van der Waals surface area (Å²) in [6.45, 7) is 13.4. The highest BCUT2D eigenvalue weighted by Crippen LogP contribution is 2.38. The maximum Gasteiger partial charge on any atom is 0.329 e. The molecule has 0 aromatic carbocycles. The van der Waals surface area contributed by atoms with Crippen LogP contribution in [-0.4, -0.2) is 181 Å². The molecule has 0 radical (unpaired) electrons. The third kappa shape index (κ3) is 15.6. The molecule has 18 heteroatoms. The van der Waals surface area contributed by atoms with Gasteiger partial charge in [0.25, 0.3) is 11.7 Å². The van der Waals surface area contributed by atoms with Crippen molar-refractivity contribution in [2.75, 3.05) is 47.2 Å². The molecule has 1 aliphatic carbocycles. The van der Waals surface area contributed by atoms with E-state index in [0.29, 0.717) is 63.4 Å². The van der Waals surface area contributed by atoms with Crippen molar-refractivity contribution in [1.82, 2.24) is 4.90 Å². The van der Waals surface area contributed by atoms with Gasteiger partial charge in [0.15, 0.2) is 5.78 Å². The Morgan fingerprint density at radius 1 is 0.789 bits per heavy atom. The smallest absolute Gasteiger partial charge is 0.329 e. The lowest BCUT2D eigenvalue weighted by Gasteiger charge is -2.43. The van der Waals surface area contributed by atoms with Crippen molar-refractivity contribution in [2.45, 2.75) is 204 Å². The number of allylic oxidation sites excluding steroid dienone is 6. The SMILES string of the molecule is CO[C@@H]1C[C@H](C[C@@H](C)[C@@H]2CC(=O)[C@H](C)/C=C(\C)[C@@H](O)[C@@H](OC)C(=O)[C@H](C)C[C@H](C)/C=C/C=C/C=C(\C)[C@H](OCCO[C@@H]3CO[C@H]4[C@@H]3OC[C@H]4O)C[C@@H]3CC[C@@H](C)[C@@](O)(O3)C(=O)C(=O)N3CCCC[C@H]3C(=O)O2)CC[C@H]1O. The van der Waals surface area contributed by atoms with Crippen LogP contribution < -0.4 is 0 Å². The number of methoxy groups -OCH3 is 2. The number of cyclic esters (lactones) is 1. The van der Waals surface area contributed by atoms with Gasteiger partial charge >= 0.3 is 5.97 Å². The van der Waals surface area contributed by atoms with E-state index in [4.69, 9.17) is 37.9 Å². The summed E-state index contributed by atoms with van der Waals surface area (Å²) in [7, 11) is 2.93. The summed E-state index contributed by atoms with van der Waals surface area (Å²) in [4.78, 5) is 72.8. The van der Waals surface area contributed by atoms with E-state index < -0.39 is 96.1 Å². The quantitative estimate of drug-likeness (QED) is 0.0963. The second kappa shape index (κ2) is 28.6. The molecule has 4 N–H and O–H groups in total. The lowest BCUT2D eigenvalue weighted by atomic mass is 9.78. The van der Waals surface area contributed by atoms with Crippen molar-refractivity contribution in [3.05, 3.63) is 47.6 Å². The summed E-state index contributed by atoms with van der Waals surface area (Å²) in [5, 5.41) is 44.5. The van der Waals surface area contributed by atoms with Gasteiger partial charge in [-0.05, 0) is 107 Å². The number of fused-ring (bicyclic) bond motifs is 4. The Labute approximate surface area is 449 Å². The maximum atomic E-state index is 14.5. The summed E-state index contributed by atoms with van der Waals surface area (Å²) in [6, 6.07) is -1.18. The van der Waals surface area contributed by atoms with Gasteiger partial charge in [0.2, 0.25) is 5.79 Å². The zero-order valence-electron chi connectivity index (χ0n) is 46.4. The fourth-order valence-corrected chi connectivity index (χ4v) is 12.0. The Morgan fingerprint density at radius 2 is 1.53 bits per heavy atom. The molecule has 5 aliphatic heterocycles. The summed E-state index contributed by atoms with van der Waals surface area (Å²) < 4.78 is 47.8. The average molecular weight is 1070 g/mol. The van der Waals surface area contributed by atoms with Gasteiger partial charge < -0.3 is 63.2 Å². The zero-order valence-corrected chi connectivity index (χ0v) is 46.4. The van der Waals surface area contributed by atoms with Crippen LogP contribution in [0.15, 0.2) is 47.6 Å². The Balaban J connectivity index is 1.28. The van der Waals surface area contributed by atoms with E-state index in [-0.39, 0.29) is 99.9 Å². The minimum atomic E-state index is -2.51. The number of aliphatic hydroxyl groups is 4. The summed E-state index contributed by atoms with van der Waals surface area (Å²) >= 11 is 0. The standard InChI is InChI=1S/C58H89NO17/c1-33-15-11-10-12-16-34(2)46(71-23-24-72-49-32-74-52-45(62)31-73-53(49)52)29-41-20-18-39(7)58(68,76-41)55(65)56(66)59-22-14-13-17-42(59)57(67)75-47(36(4)27-40-19-21-43(60)48(28-40)69-8)30-44(61)35(3)26-38(6)51(64)54(70-9)50(63)37(5)25-33/h10-12,15-16,26,33,35-37,39-43,45-49,51-54,60,62,64,68H,13-14,17-25,27-32H2,1-9H3/b12-10+,15-11+,34-16+,38-26+/t33-,35-,36-,37-,39-,40+,41+,42+,43-,45-,46-,47+,48-,49-,51-,52-,53-,54+,58-/m1/s1. The first kappa shape index (κ1) is 61.7. The molecule has 76 heavy (non-hydrogen) atoms. The van der Waals surface area contributed by atoms with Crippen molar-refractivity contribution in [2.24, 2.45) is 35.5 Å². The second-order valence-electron chi connectivity index (χ2n) is 22.8. The number of hydrogen-bond acceptors (Lipinski definition) is 17. The molecule has 2 bridgehead atoms. The number of hydrogen-bond donors (Lipinski definition) is 4. The maximum absolute atomic E-state index is 14.5. The first-order valence-corrected chi connectivity index (χ1v) is 28.0. The summed E-state index contributed by atoms with van der Waals surface area (Å²) in [6.07, 6.45) is 8.36. The van der Waals surface area contributed by atoms with Crippen LogP contribution in [0.2, 0.25) is 0 Å². The number of nitrogens with zero attached hydrogens (tertiary/aromatic N) is 1. The van der Waals surface area contributed by atoms with E-state index in [1.807, 2.05) is 51.2 Å². The minimum absolute atomic E-state index is 0.0290. The number of rotatable bonds is 10. The van der Waals surface area contributed by atoms with Gasteiger partial charge in [0.1, 0.15) is 54.6 Å². The molecule has 6 rings (SSSR count). The molecule has 5 heterocycles. The fourth-order valence-electron chi connectivity index (χ4n) is 12.0. The summed E-state index contributed by atoms with van der Waals surface area (Å²) in [5.74, 6) is -8.40. The Bertz CT molecular complexity index is 2090. The molecule has 6 aliphatic rings. The van der Waals surface area contributed by atoms with Crippen LogP contribution in [-0.2, 0) is 61.9 Å². The second-order valence-corrected chi connectivity index (χ2v) is 22.8. The van der Waals surface area contributed by atoms with Crippen LogP contribution in [0.1, 0.15) is 126 Å². The number of carbonyl (C=O) groups is 5. The molecule has 428 valence electrons. The van der Waals surface area contributed by atoms with Gasteiger partial charge in [-0.15, -0.1) is 0 Å². The van der Waals surface area contributed by atoms with E-state index in [9.17, 15) is 44.4 Å². The van der Waals surface area contributed by atoms with Crippen LogP contribution >= 0.6 is 0 Å². The van der Waals surface area contributed by atoms with Crippen LogP contribution in [0, 0.1) is 35.5 Å². The van der Waals surface area contributed by atoms with Gasteiger partial charge in [0.05, 0.1) is 50.8 Å². The number of Topliss-reactive ketones (excluding diaryl/α,β-unsaturated/α-hetero) is 3. The molecule has 5 fully saturated rings. The topological polar surface area (TPSA) is 243 Å². The van der Waals surface area contributed by atoms with Gasteiger partial charge in [-0.3, -0.25) is 19.2 Å². The Hall–Kier alpha value is -3.53. The highest BCUT2D eigenvalue weighted by molar-refractivity contribution is 6.39. The molecule has 0 unspecified atom stereocenters. The average Bonchev–Trinajstić information content (AvgIpc) is 3.99. The molecule has 19 atom stereocenters. The van der Waals surface area contributed by atoms with Crippen LogP contribution in [0.25, 0.3) is 0 Å². The lowest BCUT2D eigenvalue weighted by Crippen LogP contribution is -2.61. The van der Waals surface area contributed by atoms with Crippen molar-refractivity contribution >= 4 is 29.2 Å². The van der Waals surface area contributed by atoms with Crippen molar-refractivity contribution in [3.63, 3.8) is 0 Å². The van der Waals surface area contributed by atoms with E-state index in [1.54, 1.807) is 40.9 Å². The van der Waals surface area contributed by atoms with E-state index in [2.05, 4.69) is 0 Å². The van der Waals surface area contributed by atoms with Gasteiger partial charge in [0, 0.05) is 51.4 Å². The monoisotopic (exact) mass is 1070 g/mol. The first-order valence-electron chi connectivity index (χ1n) is 28.0. The number of piperidine rings is 1. The third-order valence-electron chi connectivity index (χ3n) is 16.9. The highest BCUT2D eigenvalue weighted by Gasteiger charge is 2.53. The number of aliphatic hydroxyl groups excluding tert-OH is 3. The molecule has 18 nitrogen and oxygen atoms in total. The largest absolute Gasteiger partial charge is 0.460 e. The zero-order chi connectivity index (χ0) is 55.4. The molecule has 4 saturated heterocycles. The Kier molecular flexibility index (Phi) is 23.2. The van der Waals surface area contributed by atoms with Gasteiger partial charge in [-0.2, -0.15) is 0 Å². The predicted molar refractivity (Wildman–Crippen MR) is 279 cm³/mol. The van der Waals surface area contributed by atoms with Crippen LogP contribution in [0.4, 0.5) is 0 Å². The molecular weight excluding hydrogens is 983 g/mol. The number of ether oxygens (including phenoxy) is 8. The molecular formula is C58H89NO17. The van der Waals surface area contributed by atoms with E-state index in [1.165, 1.54) is 12.0 Å². The molecule has 1 amide bonds.